The number of aromatic nitrogens is 1. The van der Waals surface area contributed by atoms with Gasteiger partial charge in [-0.15, -0.1) is 0 Å². The van der Waals surface area contributed by atoms with Crippen LogP contribution in [0, 0.1) is 17.8 Å². The fraction of sp³-hybridized carbons (Fsp3) is 0.688. The minimum Gasteiger partial charge on any atom is -0.373 e. The normalized spacial score (nSPS) is 26.8. The van der Waals surface area contributed by atoms with Crippen LogP contribution in [0.4, 0.5) is 5.82 Å². The van der Waals surface area contributed by atoms with Gasteiger partial charge >= 0.3 is 0 Å². The maximum Gasteiger partial charge on any atom is 0.139 e. The third kappa shape index (κ3) is 3.93. The van der Waals surface area contributed by atoms with E-state index in [0.29, 0.717) is 30.4 Å². The van der Waals surface area contributed by atoms with Crippen molar-refractivity contribution in [2.45, 2.75) is 52.7 Å². The van der Waals surface area contributed by atoms with Crippen molar-refractivity contribution in [3.8, 4) is 0 Å². The van der Waals surface area contributed by atoms with Crippen LogP contribution in [-0.4, -0.2) is 11.1 Å². The van der Waals surface area contributed by atoms with E-state index in [1.54, 1.807) is 0 Å². The number of hydrogen-bond donors (Lipinski definition) is 2. The van der Waals surface area contributed by atoms with E-state index in [1.807, 2.05) is 18.3 Å². The zero-order chi connectivity index (χ0) is 14.5. The number of nitrogens with two attached hydrogens (primary N) is 1. The molecule has 0 radical (unpaired) electrons. The Bertz CT molecular complexity index is 405. The van der Waals surface area contributed by atoms with Gasteiger partial charge in [0.2, 0.25) is 0 Å². The van der Waals surface area contributed by atoms with Gasteiger partial charge in [0, 0.05) is 6.20 Å². The summed E-state index contributed by atoms with van der Waals surface area (Å²) in [5, 5.41) is 0. The average molecular weight is 277 g/mol. The number of nitrogen functional groups attached to an aromatic ring is 1. The molecule has 4 nitrogen and oxygen atoms in total. The molecule has 20 heavy (non-hydrogen) atoms. The number of nitrogens with one attached hydrogen (secondary N) is 1. The number of pyridine rings is 1. The SMILES string of the molecule is CC1CCC(C(C)C)C(OCc2ccc(NN)nc2)C1. The van der Waals surface area contributed by atoms with E-state index in [2.05, 4.69) is 31.2 Å². The van der Waals surface area contributed by atoms with Gasteiger partial charge in [-0.05, 0) is 42.2 Å². The number of hydrogen-bond acceptors (Lipinski definition) is 4. The molecule has 1 heterocycles. The number of hydrazine groups is 1. The molecule has 3 atom stereocenters. The Kier molecular flexibility index (Phi) is 5.38. The van der Waals surface area contributed by atoms with Gasteiger partial charge in [-0.3, -0.25) is 0 Å². The molecule has 4 heteroatoms. The zero-order valence-electron chi connectivity index (χ0n) is 12.8. The highest BCUT2D eigenvalue weighted by molar-refractivity contribution is 5.33. The van der Waals surface area contributed by atoms with Crippen molar-refractivity contribution < 1.29 is 4.74 Å². The van der Waals surface area contributed by atoms with Crippen LogP contribution in [0.2, 0.25) is 0 Å². The van der Waals surface area contributed by atoms with Gasteiger partial charge in [-0.25, -0.2) is 10.8 Å². The third-order valence-electron chi connectivity index (χ3n) is 4.40. The molecule has 3 N–H and O–H groups in total. The monoisotopic (exact) mass is 277 g/mol. The predicted molar refractivity (Wildman–Crippen MR) is 82.0 cm³/mol. The minimum absolute atomic E-state index is 0.381. The Hall–Kier alpha value is -1.13. The Morgan fingerprint density at radius 3 is 2.80 bits per heavy atom. The van der Waals surface area contributed by atoms with Gasteiger partial charge < -0.3 is 10.2 Å². The number of rotatable bonds is 5. The van der Waals surface area contributed by atoms with Gasteiger partial charge in [0.25, 0.3) is 0 Å². The topological polar surface area (TPSA) is 60.2 Å². The second kappa shape index (κ2) is 7.04. The Balaban J connectivity index is 1.92. The van der Waals surface area contributed by atoms with Gasteiger partial charge in [-0.1, -0.05) is 33.3 Å². The van der Waals surface area contributed by atoms with Crippen LogP contribution < -0.4 is 11.3 Å². The van der Waals surface area contributed by atoms with Crippen molar-refractivity contribution in [1.29, 1.82) is 0 Å². The number of anilines is 1. The molecule has 1 aromatic rings. The highest BCUT2D eigenvalue weighted by Gasteiger charge is 2.31. The molecule has 0 spiro atoms. The molecule has 1 saturated carbocycles. The summed E-state index contributed by atoms with van der Waals surface area (Å²) in [6.45, 7) is 7.58. The Labute approximate surface area is 122 Å². The molecule has 2 rings (SSSR count). The summed E-state index contributed by atoms with van der Waals surface area (Å²) in [4.78, 5) is 4.21. The van der Waals surface area contributed by atoms with Crippen molar-refractivity contribution in [3.05, 3.63) is 23.9 Å². The lowest BCUT2D eigenvalue weighted by molar-refractivity contribution is -0.0473. The molecular formula is C16H27N3O. The summed E-state index contributed by atoms with van der Waals surface area (Å²) >= 11 is 0. The van der Waals surface area contributed by atoms with E-state index in [0.717, 1.165) is 11.5 Å². The lowest BCUT2D eigenvalue weighted by atomic mass is 9.75. The van der Waals surface area contributed by atoms with E-state index >= 15 is 0 Å². The molecule has 3 unspecified atom stereocenters. The Morgan fingerprint density at radius 1 is 1.40 bits per heavy atom. The summed E-state index contributed by atoms with van der Waals surface area (Å²) in [5.74, 6) is 8.14. The van der Waals surface area contributed by atoms with E-state index in [9.17, 15) is 0 Å². The van der Waals surface area contributed by atoms with Crippen LogP contribution in [0.15, 0.2) is 18.3 Å². The van der Waals surface area contributed by atoms with Crippen LogP contribution >= 0.6 is 0 Å². The predicted octanol–water partition coefficient (Wildman–Crippen LogP) is 3.34. The summed E-state index contributed by atoms with van der Waals surface area (Å²) in [6, 6.07) is 3.89. The van der Waals surface area contributed by atoms with Crippen molar-refractivity contribution >= 4 is 5.82 Å². The second-order valence-corrected chi connectivity index (χ2v) is 6.37. The van der Waals surface area contributed by atoms with Gasteiger partial charge in [0.05, 0.1) is 12.7 Å². The highest BCUT2D eigenvalue weighted by atomic mass is 16.5. The number of nitrogens with zero attached hydrogens (tertiary/aromatic N) is 1. The fourth-order valence-electron chi connectivity index (χ4n) is 3.10. The zero-order valence-corrected chi connectivity index (χ0v) is 12.8. The van der Waals surface area contributed by atoms with Crippen LogP contribution in [0.1, 0.15) is 45.6 Å². The van der Waals surface area contributed by atoms with E-state index in [1.165, 1.54) is 19.3 Å². The molecule has 1 aliphatic carbocycles. The van der Waals surface area contributed by atoms with Crippen molar-refractivity contribution in [2.75, 3.05) is 5.43 Å². The van der Waals surface area contributed by atoms with E-state index < -0.39 is 0 Å². The molecule has 0 aliphatic heterocycles. The Morgan fingerprint density at radius 2 is 2.20 bits per heavy atom. The second-order valence-electron chi connectivity index (χ2n) is 6.37. The van der Waals surface area contributed by atoms with Crippen molar-refractivity contribution in [1.82, 2.24) is 4.98 Å². The first-order chi connectivity index (χ1) is 9.60. The first-order valence-electron chi connectivity index (χ1n) is 7.63. The standard InChI is InChI=1S/C16H27N3O/c1-11(2)14-6-4-12(3)8-15(14)20-10-13-5-7-16(19-17)18-9-13/h5,7,9,11-12,14-15H,4,6,8,10,17H2,1-3H3,(H,18,19). The maximum atomic E-state index is 6.20. The smallest absolute Gasteiger partial charge is 0.139 e. The summed E-state index contributed by atoms with van der Waals surface area (Å²) < 4.78 is 6.20. The molecule has 0 amide bonds. The van der Waals surface area contributed by atoms with Crippen molar-refractivity contribution in [2.24, 2.45) is 23.6 Å². The van der Waals surface area contributed by atoms with Gasteiger partial charge in [0.1, 0.15) is 5.82 Å². The first-order valence-corrected chi connectivity index (χ1v) is 7.63. The molecule has 0 saturated heterocycles. The lowest BCUT2D eigenvalue weighted by Crippen LogP contribution is -2.34. The largest absolute Gasteiger partial charge is 0.373 e. The van der Waals surface area contributed by atoms with Crippen LogP contribution in [0.25, 0.3) is 0 Å². The molecule has 112 valence electrons. The lowest BCUT2D eigenvalue weighted by Gasteiger charge is -2.37. The van der Waals surface area contributed by atoms with Crippen LogP contribution in [-0.2, 0) is 11.3 Å². The molecule has 1 fully saturated rings. The van der Waals surface area contributed by atoms with Crippen LogP contribution in [0.3, 0.4) is 0 Å². The molecule has 1 aromatic heterocycles. The van der Waals surface area contributed by atoms with E-state index in [-0.39, 0.29) is 0 Å². The van der Waals surface area contributed by atoms with Crippen molar-refractivity contribution in [3.63, 3.8) is 0 Å². The van der Waals surface area contributed by atoms with E-state index in [4.69, 9.17) is 10.6 Å². The summed E-state index contributed by atoms with van der Waals surface area (Å²) in [7, 11) is 0. The molecule has 0 bridgehead atoms. The maximum absolute atomic E-state index is 6.20. The van der Waals surface area contributed by atoms with Gasteiger partial charge in [0.15, 0.2) is 0 Å². The third-order valence-corrected chi connectivity index (χ3v) is 4.40. The highest BCUT2D eigenvalue weighted by Crippen LogP contribution is 2.35. The van der Waals surface area contributed by atoms with Gasteiger partial charge in [-0.2, -0.15) is 0 Å². The molecule has 1 aliphatic rings. The van der Waals surface area contributed by atoms with Crippen LogP contribution in [0.5, 0.6) is 0 Å². The summed E-state index contributed by atoms with van der Waals surface area (Å²) in [5.41, 5.74) is 3.64. The fourth-order valence-corrected chi connectivity index (χ4v) is 3.10. The quantitative estimate of drug-likeness (QED) is 0.640. The average Bonchev–Trinajstić information content (AvgIpc) is 2.45. The minimum atomic E-state index is 0.381. The summed E-state index contributed by atoms with van der Waals surface area (Å²) in [6.07, 6.45) is 6.01. The molecular weight excluding hydrogens is 250 g/mol. The number of ether oxygens (including phenoxy) is 1. The first kappa shape index (κ1) is 15.3. The molecule has 0 aromatic carbocycles.